The molecule has 0 radical (unpaired) electrons. The zero-order valence-electron chi connectivity index (χ0n) is 17.3. The Morgan fingerprint density at radius 2 is 1.90 bits per heavy atom. The fraction of sp³-hybridized carbons (Fsp3) is 0.500. The van der Waals surface area contributed by atoms with E-state index in [4.69, 9.17) is 0 Å². The number of hydrogen-bond donors (Lipinski definition) is 1. The SMILES string of the molecule is Cn1cc(-c2ccc3cnc(NC(=O)[C@H]4CC[C@H](N5CCCC5)CC4)cc3n2)nn1. The summed E-state index contributed by atoms with van der Waals surface area (Å²) < 4.78 is 1.65. The molecular formula is C22H27N7O. The monoisotopic (exact) mass is 405 g/mol. The van der Waals surface area contributed by atoms with Crippen LogP contribution in [0.25, 0.3) is 22.3 Å². The molecule has 5 rings (SSSR count). The molecule has 0 bridgehead atoms. The Kier molecular flexibility index (Phi) is 5.16. The summed E-state index contributed by atoms with van der Waals surface area (Å²) in [6, 6.07) is 6.37. The van der Waals surface area contributed by atoms with E-state index in [9.17, 15) is 4.79 Å². The number of rotatable bonds is 4. The van der Waals surface area contributed by atoms with Crippen LogP contribution in [0.5, 0.6) is 0 Å². The topological polar surface area (TPSA) is 88.8 Å². The fourth-order valence-electron chi connectivity index (χ4n) is 4.73. The Balaban J connectivity index is 1.26. The number of nitrogens with zero attached hydrogens (tertiary/aromatic N) is 6. The van der Waals surface area contributed by atoms with Crippen LogP contribution in [-0.4, -0.2) is 54.9 Å². The van der Waals surface area contributed by atoms with Gasteiger partial charge in [0.25, 0.3) is 0 Å². The molecule has 3 aromatic rings. The second-order valence-electron chi connectivity index (χ2n) is 8.47. The van der Waals surface area contributed by atoms with Gasteiger partial charge >= 0.3 is 0 Å². The lowest BCUT2D eigenvalue weighted by molar-refractivity contribution is -0.121. The predicted molar refractivity (Wildman–Crippen MR) is 115 cm³/mol. The van der Waals surface area contributed by atoms with Gasteiger partial charge in [-0.1, -0.05) is 5.21 Å². The maximum Gasteiger partial charge on any atom is 0.228 e. The molecule has 2 fully saturated rings. The molecule has 0 aromatic carbocycles. The van der Waals surface area contributed by atoms with E-state index in [2.05, 4.69) is 30.5 Å². The van der Waals surface area contributed by atoms with E-state index in [0.29, 0.717) is 11.9 Å². The highest BCUT2D eigenvalue weighted by Crippen LogP contribution is 2.30. The third-order valence-corrected chi connectivity index (χ3v) is 6.41. The first kappa shape index (κ1) is 19.1. The second-order valence-corrected chi connectivity index (χ2v) is 8.47. The number of aromatic nitrogens is 5. The lowest BCUT2D eigenvalue weighted by atomic mass is 9.85. The van der Waals surface area contributed by atoms with Crippen molar-refractivity contribution >= 4 is 22.6 Å². The highest BCUT2D eigenvalue weighted by molar-refractivity contribution is 5.93. The summed E-state index contributed by atoms with van der Waals surface area (Å²) in [7, 11) is 1.83. The molecule has 1 N–H and O–H groups in total. The van der Waals surface area contributed by atoms with Crippen molar-refractivity contribution in [3.63, 3.8) is 0 Å². The molecule has 156 valence electrons. The Bertz CT molecular complexity index is 1050. The molecule has 0 unspecified atom stereocenters. The van der Waals surface area contributed by atoms with E-state index in [1.807, 2.05) is 31.4 Å². The first-order chi connectivity index (χ1) is 14.7. The number of likely N-dealkylation sites (tertiary alicyclic amines) is 1. The fourth-order valence-corrected chi connectivity index (χ4v) is 4.73. The number of hydrogen-bond acceptors (Lipinski definition) is 6. The molecule has 8 nitrogen and oxygen atoms in total. The molecule has 1 saturated heterocycles. The number of aryl methyl sites for hydroxylation is 1. The summed E-state index contributed by atoms with van der Waals surface area (Å²) in [6.07, 6.45) is 10.4. The molecule has 1 aliphatic heterocycles. The number of anilines is 1. The van der Waals surface area contributed by atoms with E-state index in [1.54, 1.807) is 10.9 Å². The molecular weight excluding hydrogens is 378 g/mol. The summed E-state index contributed by atoms with van der Waals surface area (Å²) in [5, 5.41) is 12.0. The van der Waals surface area contributed by atoms with E-state index >= 15 is 0 Å². The number of carbonyl (C=O) groups excluding carboxylic acids is 1. The number of fused-ring (bicyclic) bond motifs is 1. The summed E-state index contributed by atoms with van der Waals surface area (Å²) >= 11 is 0. The predicted octanol–water partition coefficient (Wildman–Crippen LogP) is 3.02. The van der Waals surface area contributed by atoms with Gasteiger partial charge in [0.15, 0.2) is 0 Å². The molecule has 4 heterocycles. The van der Waals surface area contributed by atoms with Crippen LogP contribution in [-0.2, 0) is 11.8 Å². The van der Waals surface area contributed by atoms with Gasteiger partial charge in [-0.05, 0) is 63.7 Å². The first-order valence-electron chi connectivity index (χ1n) is 10.8. The minimum atomic E-state index is 0.0697. The zero-order valence-corrected chi connectivity index (χ0v) is 17.3. The van der Waals surface area contributed by atoms with Gasteiger partial charge in [-0.15, -0.1) is 5.10 Å². The lowest BCUT2D eigenvalue weighted by Crippen LogP contribution is -2.38. The molecule has 1 aliphatic carbocycles. The van der Waals surface area contributed by atoms with Gasteiger partial charge in [-0.25, -0.2) is 9.97 Å². The van der Waals surface area contributed by atoms with Crippen molar-refractivity contribution in [2.45, 2.75) is 44.6 Å². The van der Waals surface area contributed by atoms with Crippen molar-refractivity contribution in [3.05, 3.63) is 30.6 Å². The highest BCUT2D eigenvalue weighted by atomic mass is 16.1. The molecule has 8 heteroatoms. The maximum absolute atomic E-state index is 12.8. The Morgan fingerprint density at radius 3 is 2.63 bits per heavy atom. The van der Waals surface area contributed by atoms with Gasteiger partial charge in [-0.3, -0.25) is 9.48 Å². The average Bonchev–Trinajstić information content (AvgIpc) is 3.45. The van der Waals surface area contributed by atoms with E-state index < -0.39 is 0 Å². The molecule has 2 aliphatic rings. The van der Waals surface area contributed by atoms with Crippen LogP contribution in [0.1, 0.15) is 38.5 Å². The molecule has 0 spiro atoms. The summed E-state index contributed by atoms with van der Waals surface area (Å²) in [4.78, 5) is 24.5. The van der Waals surface area contributed by atoms with Crippen molar-refractivity contribution in [1.29, 1.82) is 0 Å². The minimum absolute atomic E-state index is 0.0697. The van der Waals surface area contributed by atoms with Crippen LogP contribution in [0.15, 0.2) is 30.6 Å². The maximum atomic E-state index is 12.8. The number of amides is 1. The van der Waals surface area contributed by atoms with Crippen LogP contribution in [0.3, 0.4) is 0 Å². The summed E-state index contributed by atoms with van der Waals surface area (Å²) in [5.41, 5.74) is 2.25. The van der Waals surface area contributed by atoms with Crippen molar-refractivity contribution in [2.75, 3.05) is 18.4 Å². The number of nitrogens with one attached hydrogen (secondary N) is 1. The minimum Gasteiger partial charge on any atom is -0.310 e. The van der Waals surface area contributed by atoms with Crippen molar-refractivity contribution in [3.8, 4) is 11.4 Å². The van der Waals surface area contributed by atoms with Crippen LogP contribution in [0.2, 0.25) is 0 Å². The highest BCUT2D eigenvalue weighted by Gasteiger charge is 2.30. The number of pyridine rings is 2. The van der Waals surface area contributed by atoms with Gasteiger partial charge in [-0.2, -0.15) is 0 Å². The summed E-state index contributed by atoms with van der Waals surface area (Å²) in [5.74, 6) is 0.699. The van der Waals surface area contributed by atoms with Gasteiger partial charge in [0.1, 0.15) is 11.5 Å². The molecule has 3 aromatic heterocycles. The van der Waals surface area contributed by atoms with Crippen molar-refractivity contribution in [1.82, 2.24) is 29.9 Å². The lowest BCUT2D eigenvalue weighted by Gasteiger charge is -2.33. The number of carbonyl (C=O) groups is 1. The third-order valence-electron chi connectivity index (χ3n) is 6.41. The standard InChI is InChI=1S/C22H27N7O/c1-28-14-20(26-27-28)18-9-6-16-13-23-21(12-19(16)24-18)25-22(30)15-4-7-17(8-5-15)29-10-2-3-11-29/h6,9,12-15,17H,2-5,7-8,10-11H2,1H3,(H,23,25,30)/t15-,17-. The molecule has 30 heavy (non-hydrogen) atoms. The molecule has 0 atom stereocenters. The van der Waals surface area contributed by atoms with E-state index in [1.165, 1.54) is 25.9 Å². The Labute approximate surface area is 175 Å². The largest absolute Gasteiger partial charge is 0.310 e. The third kappa shape index (κ3) is 3.92. The summed E-state index contributed by atoms with van der Waals surface area (Å²) in [6.45, 7) is 2.46. The smallest absolute Gasteiger partial charge is 0.228 e. The van der Waals surface area contributed by atoms with Gasteiger partial charge in [0.2, 0.25) is 5.91 Å². The zero-order chi connectivity index (χ0) is 20.5. The van der Waals surface area contributed by atoms with Gasteiger partial charge < -0.3 is 10.2 Å². The first-order valence-corrected chi connectivity index (χ1v) is 10.8. The van der Waals surface area contributed by atoms with Gasteiger partial charge in [0, 0.05) is 36.7 Å². The normalized spacial score (nSPS) is 22.4. The van der Waals surface area contributed by atoms with Crippen LogP contribution < -0.4 is 5.32 Å². The molecule has 1 saturated carbocycles. The quantitative estimate of drug-likeness (QED) is 0.718. The Hall–Kier alpha value is -2.87. The molecule has 1 amide bonds. The van der Waals surface area contributed by atoms with E-state index in [-0.39, 0.29) is 11.8 Å². The van der Waals surface area contributed by atoms with Crippen molar-refractivity contribution in [2.24, 2.45) is 13.0 Å². The van der Waals surface area contributed by atoms with Crippen molar-refractivity contribution < 1.29 is 4.79 Å². The second kappa shape index (κ2) is 8.10. The van der Waals surface area contributed by atoms with Crippen LogP contribution in [0, 0.1) is 5.92 Å². The Morgan fingerprint density at radius 1 is 1.10 bits per heavy atom. The average molecular weight is 406 g/mol. The van der Waals surface area contributed by atoms with E-state index in [0.717, 1.165) is 48.0 Å². The van der Waals surface area contributed by atoms with Crippen LogP contribution >= 0.6 is 0 Å². The van der Waals surface area contributed by atoms with Crippen LogP contribution in [0.4, 0.5) is 5.82 Å². The van der Waals surface area contributed by atoms with Gasteiger partial charge in [0.05, 0.1) is 17.4 Å².